The molecule has 0 aliphatic carbocycles. The number of aromatic nitrogens is 6. The minimum Gasteiger partial charge on any atom is -0.382 e. The first-order chi connectivity index (χ1) is 20.2. The minimum atomic E-state index is -4.96. The number of morpholine rings is 1. The van der Waals surface area contributed by atoms with E-state index in [-0.39, 0.29) is 40.4 Å². The second-order valence-corrected chi connectivity index (χ2v) is 11.4. The van der Waals surface area contributed by atoms with Crippen molar-refractivity contribution in [2.45, 2.75) is 44.8 Å². The second-order valence-electron chi connectivity index (χ2n) is 10.5. The molecule has 1 saturated heterocycles. The second kappa shape index (κ2) is 11.8. The number of nitrogens with zero attached hydrogens (tertiary/aromatic N) is 7. The Balaban J connectivity index is 1.47. The quantitative estimate of drug-likeness (QED) is 0.326. The maximum atomic E-state index is 13.5. The largest absolute Gasteiger partial charge is 0.416 e. The van der Waals surface area contributed by atoms with Crippen molar-refractivity contribution in [1.82, 2.24) is 34.0 Å². The summed E-state index contributed by atoms with van der Waals surface area (Å²) in [6, 6.07) is 10.8. The highest BCUT2D eigenvalue weighted by atomic mass is 35.5. The Bertz CT molecular complexity index is 1700. The van der Waals surface area contributed by atoms with Crippen LogP contribution in [0.25, 0.3) is 17.1 Å². The van der Waals surface area contributed by atoms with Crippen LogP contribution in [0.2, 0.25) is 10.0 Å². The maximum Gasteiger partial charge on any atom is 0.416 e. The van der Waals surface area contributed by atoms with Gasteiger partial charge in [0.2, 0.25) is 0 Å². The topological polar surface area (TPSA) is 120 Å². The summed E-state index contributed by atoms with van der Waals surface area (Å²) in [5.41, 5.74) is -0.601. The van der Waals surface area contributed by atoms with Crippen LogP contribution in [0.5, 0.6) is 0 Å². The summed E-state index contributed by atoms with van der Waals surface area (Å²) in [5.74, 6) is -0.329. The molecule has 228 valence electrons. The van der Waals surface area contributed by atoms with E-state index in [0.717, 1.165) is 9.25 Å². The van der Waals surface area contributed by atoms with Crippen LogP contribution in [0.4, 0.5) is 13.2 Å². The molecule has 0 saturated carbocycles. The monoisotopic (exact) mass is 639 g/mol. The number of benzene rings is 2. The number of aliphatic hydroxyl groups is 1. The fraction of sp³-hybridized carbons (Fsp3) is 0.370. The Kier molecular flexibility index (Phi) is 8.40. The number of ether oxygens (including phenoxy) is 1. The molecule has 2 aromatic carbocycles. The van der Waals surface area contributed by atoms with E-state index in [4.69, 9.17) is 27.9 Å². The van der Waals surface area contributed by atoms with Crippen LogP contribution < -0.4 is 5.69 Å². The molecule has 1 aliphatic rings. The molecule has 1 aliphatic heterocycles. The Labute approximate surface area is 253 Å². The van der Waals surface area contributed by atoms with E-state index in [0.29, 0.717) is 30.3 Å². The number of amides is 1. The van der Waals surface area contributed by atoms with Crippen molar-refractivity contribution in [2.75, 3.05) is 19.7 Å². The van der Waals surface area contributed by atoms with Gasteiger partial charge < -0.3 is 14.7 Å². The van der Waals surface area contributed by atoms with E-state index in [1.165, 1.54) is 35.3 Å². The van der Waals surface area contributed by atoms with Gasteiger partial charge in [-0.3, -0.25) is 9.36 Å². The van der Waals surface area contributed by atoms with Crippen LogP contribution in [0, 0.1) is 0 Å². The lowest BCUT2D eigenvalue weighted by Gasteiger charge is -2.38. The molecule has 1 atom stereocenters. The molecular weight excluding hydrogens is 614 g/mol. The van der Waals surface area contributed by atoms with Crippen LogP contribution >= 0.6 is 23.2 Å². The summed E-state index contributed by atoms with van der Waals surface area (Å²) in [5, 5.41) is 18.9. The summed E-state index contributed by atoms with van der Waals surface area (Å²) >= 11 is 12.4. The van der Waals surface area contributed by atoms with Crippen molar-refractivity contribution < 1.29 is 27.8 Å². The third-order valence-electron chi connectivity index (χ3n) is 6.75. The smallest absolute Gasteiger partial charge is 0.382 e. The Morgan fingerprint density at radius 3 is 2.53 bits per heavy atom. The lowest BCUT2D eigenvalue weighted by Crippen LogP contribution is -2.50. The third kappa shape index (κ3) is 6.61. The number of hydrogen-bond acceptors (Lipinski definition) is 7. The molecule has 0 spiro atoms. The van der Waals surface area contributed by atoms with Crippen molar-refractivity contribution in [1.29, 1.82) is 0 Å². The van der Waals surface area contributed by atoms with Gasteiger partial charge in [-0.25, -0.2) is 19.1 Å². The van der Waals surface area contributed by atoms with Gasteiger partial charge in [0.1, 0.15) is 12.9 Å². The van der Waals surface area contributed by atoms with E-state index >= 15 is 0 Å². The van der Waals surface area contributed by atoms with Gasteiger partial charge in [0.15, 0.2) is 17.8 Å². The molecule has 11 nitrogen and oxygen atoms in total. The van der Waals surface area contributed by atoms with E-state index in [1.807, 2.05) is 13.8 Å². The molecule has 1 amide bonds. The van der Waals surface area contributed by atoms with Crippen molar-refractivity contribution in [2.24, 2.45) is 0 Å². The zero-order valence-electron chi connectivity index (χ0n) is 22.9. The molecule has 16 heteroatoms. The van der Waals surface area contributed by atoms with Crippen LogP contribution in [0.15, 0.2) is 53.6 Å². The average Bonchev–Trinajstić information content (AvgIpc) is 3.52. The third-order valence-corrected chi connectivity index (χ3v) is 7.31. The number of para-hydroxylation sites is 1. The number of carbonyl (C=O) groups is 1. The first-order valence-electron chi connectivity index (χ1n) is 13.0. The van der Waals surface area contributed by atoms with Gasteiger partial charge in [-0.1, -0.05) is 29.3 Å². The fourth-order valence-corrected chi connectivity index (χ4v) is 5.08. The molecule has 5 rings (SSSR count). The molecule has 0 radical (unpaired) electrons. The molecule has 43 heavy (non-hydrogen) atoms. The summed E-state index contributed by atoms with van der Waals surface area (Å²) in [6.45, 7) is 3.51. The van der Waals surface area contributed by atoms with E-state index in [2.05, 4.69) is 15.2 Å². The van der Waals surface area contributed by atoms with Gasteiger partial charge in [-0.05, 0) is 50.2 Å². The first kappa shape index (κ1) is 30.7. The van der Waals surface area contributed by atoms with E-state index in [1.54, 1.807) is 23.1 Å². The highest BCUT2D eigenvalue weighted by Crippen LogP contribution is 2.28. The summed E-state index contributed by atoms with van der Waals surface area (Å²) in [6.07, 6.45) is -6.45. The summed E-state index contributed by atoms with van der Waals surface area (Å²) in [7, 11) is 0. The zero-order chi connectivity index (χ0) is 31.1. The van der Waals surface area contributed by atoms with Crippen LogP contribution in [0.1, 0.15) is 30.0 Å². The molecule has 0 bridgehead atoms. The Morgan fingerprint density at radius 2 is 1.86 bits per heavy atom. The van der Waals surface area contributed by atoms with Crippen molar-refractivity contribution in [3.05, 3.63) is 80.7 Å². The Morgan fingerprint density at radius 1 is 1.14 bits per heavy atom. The van der Waals surface area contributed by atoms with Gasteiger partial charge in [-0.2, -0.15) is 13.2 Å². The number of carbonyl (C=O) groups excluding carboxylic acids is 1. The first-order valence-corrected chi connectivity index (χ1v) is 13.8. The minimum absolute atomic E-state index is 0.0663. The van der Waals surface area contributed by atoms with Crippen LogP contribution in [0.3, 0.4) is 0 Å². The molecule has 1 N–H and O–H groups in total. The highest BCUT2D eigenvalue weighted by Gasteiger charge is 2.39. The molecule has 4 aromatic rings. The number of aliphatic hydroxyl groups excluding tert-OH is 1. The molecule has 1 unspecified atom stereocenters. The maximum absolute atomic E-state index is 13.5. The lowest BCUT2D eigenvalue weighted by atomic mass is 10.1. The van der Waals surface area contributed by atoms with Crippen molar-refractivity contribution in [3.8, 4) is 17.1 Å². The van der Waals surface area contributed by atoms with Gasteiger partial charge in [0.25, 0.3) is 5.91 Å². The van der Waals surface area contributed by atoms with Crippen LogP contribution in [-0.2, 0) is 17.8 Å². The highest BCUT2D eigenvalue weighted by molar-refractivity contribution is 6.33. The molecule has 1 fully saturated rings. The van der Waals surface area contributed by atoms with Gasteiger partial charge >= 0.3 is 11.9 Å². The normalized spacial score (nSPS) is 16.0. The van der Waals surface area contributed by atoms with Crippen LogP contribution in [-0.4, -0.2) is 82.6 Å². The van der Waals surface area contributed by atoms with Gasteiger partial charge in [0.05, 0.1) is 35.0 Å². The van der Waals surface area contributed by atoms with Crippen molar-refractivity contribution >= 4 is 29.1 Å². The molecule has 2 aromatic heterocycles. The van der Waals surface area contributed by atoms with Crippen molar-refractivity contribution in [3.63, 3.8) is 0 Å². The van der Waals surface area contributed by atoms with Gasteiger partial charge in [0, 0.05) is 23.7 Å². The number of hydrogen-bond donors (Lipinski definition) is 1. The number of rotatable bonds is 7. The molecular formula is C27H26Cl2F3N7O4. The fourth-order valence-electron chi connectivity index (χ4n) is 4.69. The SMILES string of the molecule is CC1(C)CN(C(=O)c2cccc(Cl)c2-n2cnc(Cn3nc(-c4ccc(Cl)cc4)n(CC(O)C(F)(F)F)c3=O)n2)CCO1. The predicted molar refractivity (Wildman–Crippen MR) is 150 cm³/mol. The standard InChI is InChI=1S/C27H26Cl2F3N7O4/c1-26(2)14-36(10-11-43-26)24(41)18-4-3-5-19(29)22(18)39-15-33-21(34-39)13-38-25(42)37(12-20(40)27(30,31)32)23(35-38)16-6-8-17(28)9-7-16/h3-9,15,20,40H,10-14H2,1-2H3. The average molecular weight is 640 g/mol. The van der Waals surface area contributed by atoms with E-state index < -0.39 is 30.1 Å². The lowest BCUT2D eigenvalue weighted by molar-refractivity contribution is -0.207. The number of alkyl halides is 3. The zero-order valence-corrected chi connectivity index (χ0v) is 24.4. The summed E-state index contributed by atoms with van der Waals surface area (Å²) < 4.78 is 48.1. The van der Waals surface area contributed by atoms with Gasteiger partial charge in [-0.15, -0.1) is 10.2 Å². The predicted octanol–water partition coefficient (Wildman–Crippen LogP) is 3.82. The molecule has 3 heterocycles. The summed E-state index contributed by atoms with van der Waals surface area (Å²) in [4.78, 5) is 32.6. The number of halogens is 5. The Hall–Kier alpha value is -3.72. The van der Waals surface area contributed by atoms with E-state index in [9.17, 15) is 27.9 Å².